The second-order valence-electron chi connectivity index (χ2n) is 19.8. The Labute approximate surface area is 446 Å². The molecule has 1 amide bonds. The summed E-state index contributed by atoms with van der Waals surface area (Å²) < 4.78 is 69.2. The molecule has 2 unspecified atom stereocenters. The van der Waals surface area contributed by atoms with Crippen LogP contribution in [0.5, 0.6) is 5.75 Å². The minimum atomic E-state index is -4.84. The number of aromatic hydroxyl groups is 1. The average molecular weight is 1090 g/mol. The number of amides is 1. The molecule has 422 valence electrons. The lowest BCUT2D eigenvalue weighted by molar-refractivity contribution is -0.161. The molecule has 0 spiro atoms. The maximum atomic E-state index is 14.7. The van der Waals surface area contributed by atoms with Crippen molar-refractivity contribution in [2.24, 2.45) is 0 Å². The Morgan fingerprint density at radius 1 is 0.645 bits per heavy atom. The fourth-order valence-corrected chi connectivity index (χ4v) is 9.86. The van der Waals surface area contributed by atoms with E-state index in [2.05, 4.69) is 19.2 Å². The summed E-state index contributed by atoms with van der Waals surface area (Å²) in [5, 5.41) is 22.7. The maximum Gasteiger partial charge on any atom is 0.472 e. The van der Waals surface area contributed by atoms with Crippen molar-refractivity contribution in [2.45, 2.75) is 200 Å². The largest absolute Gasteiger partial charge is 0.505 e. The summed E-state index contributed by atoms with van der Waals surface area (Å²) in [6.45, 7) is 2.48. The zero-order valence-corrected chi connectivity index (χ0v) is 45.7. The number of carbonyl (C=O) groups excluding carboxylic acids is 3. The maximum absolute atomic E-state index is 14.7. The molecule has 0 saturated carbocycles. The van der Waals surface area contributed by atoms with Gasteiger partial charge >= 0.3 is 25.7 Å². The third-order valence-corrected chi connectivity index (χ3v) is 14.4. The summed E-state index contributed by atoms with van der Waals surface area (Å²) in [5.74, 6) is -6.66. The fourth-order valence-electron chi connectivity index (χ4n) is 9.11. The van der Waals surface area contributed by atoms with Crippen LogP contribution in [0.25, 0.3) is 33.4 Å². The number of carbonyl (C=O) groups is 4. The number of phenols is 1. The van der Waals surface area contributed by atoms with Crippen LogP contribution in [0, 0.1) is 11.6 Å². The standard InChI is InChI=1S/C58H82F2NO14P/c1-3-5-7-9-11-13-15-17-19-21-23-25-27-29-54(64)71-40-43(74-55(65)30-28-26-24-22-20-18-16-14-12-10-8-6-4-2)41-73-76(69,70)72-34-33-61-57(66)42-31-32-44(45(35-42)58(67)68)56-46-36-48(59)50(62)38-52(46)75-53-39-51(63)49(60)37-47(53)56/h31-32,35-39,43,62H,3-30,33-34,40-41H2,1-2H3,(H,61,66)(H,67,68)(H,69,70). The van der Waals surface area contributed by atoms with Crippen molar-refractivity contribution >= 4 is 42.6 Å². The molecule has 1 aliphatic carbocycles. The Balaban J connectivity index is 1.27. The van der Waals surface area contributed by atoms with Gasteiger partial charge in [0.15, 0.2) is 23.5 Å². The van der Waals surface area contributed by atoms with Crippen molar-refractivity contribution < 1.29 is 70.6 Å². The summed E-state index contributed by atoms with van der Waals surface area (Å²) >= 11 is 0. The van der Waals surface area contributed by atoms with E-state index in [1.807, 2.05) is 0 Å². The third-order valence-electron chi connectivity index (χ3n) is 13.4. The van der Waals surface area contributed by atoms with Crippen molar-refractivity contribution in [3.8, 4) is 28.2 Å². The van der Waals surface area contributed by atoms with E-state index in [4.69, 9.17) is 22.9 Å². The first kappa shape index (κ1) is 63.3. The number of carboxylic acid groups (broad SMARTS) is 1. The van der Waals surface area contributed by atoms with E-state index in [1.54, 1.807) is 0 Å². The molecule has 1 heterocycles. The third kappa shape index (κ3) is 23.2. The second kappa shape index (κ2) is 35.2. The van der Waals surface area contributed by atoms with Gasteiger partial charge in [0, 0.05) is 53.6 Å². The Morgan fingerprint density at radius 2 is 1.17 bits per heavy atom. The molecule has 2 aromatic carbocycles. The van der Waals surface area contributed by atoms with E-state index in [9.17, 15) is 52.4 Å². The van der Waals surface area contributed by atoms with Crippen LogP contribution in [0.1, 0.15) is 214 Å². The normalized spacial score (nSPS) is 12.7. The molecule has 0 bridgehead atoms. The lowest BCUT2D eigenvalue weighted by Gasteiger charge is -2.20. The monoisotopic (exact) mass is 1090 g/mol. The zero-order chi connectivity index (χ0) is 55.1. The number of rotatable bonds is 41. The highest BCUT2D eigenvalue weighted by Gasteiger charge is 2.28. The number of hydrogen-bond donors (Lipinski definition) is 4. The number of esters is 2. The van der Waals surface area contributed by atoms with Crippen molar-refractivity contribution in [1.29, 1.82) is 0 Å². The number of aromatic carboxylic acids is 1. The first-order chi connectivity index (χ1) is 36.6. The summed E-state index contributed by atoms with van der Waals surface area (Å²) in [5.41, 5.74) is -2.07. The number of halogens is 2. The lowest BCUT2D eigenvalue weighted by atomic mass is 9.89. The molecule has 4 rings (SSSR count). The Morgan fingerprint density at radius 3 is 1.71 bits per heavy atom. The van der Waals surface area contributed by atoms with E-state index in [0.717, 1.165) is 75.3 Å². The van der Waals surface area contributed by atoms with Crippen molar-refractivity contribution in [3.63, 3.8) is 0 Å². The smallest absolute Gasteiger partial charge is 0.472 e. The van der Waals surface area contributed by atoms with E-state index in [-0.39, 0.29) is 58.4 Å². The molecule has 0 saturated heterocycles. The number of fused-ring (bicyclic) bond motifs is 2. The predicted molar refractivity (Wildman–Crippen MR) is 289 cm³/mol. The van der Waals surface area contributed by atoms with Crippen LogP contribution in [0.15, 0.2) is 51.7 Å². The summed E-state index contributed by atoms with van der Waals surface area (Å²) in [6, 6.07) is 6.93. The van der Waals surface area contributed by atoms with Gasteiger partial charge in [-0.3, -0.25) is 28.2 Å². The molecule has 76 heavy (non-hydrogen) atoms. The number of ether oxygens (including phenoxy) is 2. The van der Waals surface area contributed by atoms with Gasteiger partial charge in [0.1, 0.15) is 18.0 Å². The predicted octanol–water partition coefficient (Wildman–Crippen LogP) is 14.5. The minimum absolute atomic E-state index is 0.0551. The van der Waals surface area contributed by atoms with Crippen LogP contribution < -0.4 is 10.7 Å². The number of benzene rings is 3. The number of unbranched alkanes of at least 4 members (excludes halogenated alkanes) is 24. The molecule has 18 heteroatoms. The molecule has 4 N–H and O–H groups in total. The van der Waals surface area contributed by atoms with Gasteiger partial charge in [-0.1, -0.05) is 174 Å². The molecule has 2 aliphatic rings. The van der Waals surface area contributed by atoms with Crippen LogP contribution in [-0.2, 0) is 32.7 Å². The van der Waals surface area contributed by atoms with Crippen LogP contribution in [-0.4, -0.2) is 71.4 Å². The van der Waals surface area contributed by atoms with E-state index >= 15 is 0 Å². The van der Waals surface area contributed by atoms with Gasteiger partial charge in [0.2, 0.25) is 5.43 Å². The van der Waals surface area contributed by atoms with Gasteiger partial charge in [-0.25, -0.2) is 18.1 Å². The van der Waals surface area contributed by atoms with Gasteiger partial charge in [0.05, 0.1) is 18.8 Å². The van der Waals surface area contributed by atoms with Crippen molar-refractivity contribution in [2.75, 3.05) is 26.4 Å². The van der Waals surface area contributed by atoms with Crippen molar-refractivity contribution in [1.82, 2.24) is 5.32 Å². The van der Waals surface area contributed by atoms with Gasteiger partial charge in [-0.05, 0) is 42.7 Å². The Kier molecular flexibility index (Phi) is 29.4. The number of hydrogen-bond acceptors (Lipinski definition) is 12. The average Bonchev–Trinajstić information content (AvgIpc) is 3.47. The highest BCUT2D eigenvalue weighted by molar-refractivity contribution is 7.47. The van der Waals surface area contributed by atoms with Gasteiger partial charge < -0.3 is 34.3 Å². The van der Waals surface area contributed by atoms with Crippen LogP contribution in [0.2, 0.25) is 0 Å². The van der Waals surface area contributed by atoms with Crippen LogP contribution in [0.3, 0.4) is 0 Å². The van der Waals surface area contributed by atoms with Crippen LogP contribution in [0.4, 0.5) is 8.78 Å². The Hall–Kier alpha value is -5.22. The molecule has 15 nitrogen and oxygen atoms in total. The summed E-state index contributed by atoms with van der Waals surface area (Å²) in [4.78, 5) is 74.2. The van der Waals surface area contributed by atoms with E-state index in [1.165, 1.54) is 121 Å². The molecule has 2 atom stereocenters. The number of phosphoric ester groups is 1. The lowest BCUT2D eigenvalue weighted by Crippen LogP contribution is -2.30. The molecular weight excluding hydrogens is 1000 g/mol. The van der Waals surface area contributed by atoms with Gasteiger partial charge in [0.25, 0.3) is 5.91 Å². The Bertz CT molecular complexity index is 2500. The summed E-state index contributed by atoms with van der Waals surface area (Å²) in [7, 11) is -4.84. The van der Waals surface area contributed by atoms with E-state index < -0.39 is 85.9 Å². The van der Waals surface area contributed by atoms with Crippen LogP contribution >= 0.6 is 7.82 Å². The molecule has 2 aromatic rings. The number of nitrogens with one attached hydrogen (secondary N) is 1. The number of carboxylic acids is 1. The fraction of sp³-hybridized carbons (Fsp3) is 0.603. The van der Waals surface area contributed by atoms with Gasteiger partial charge in [-0.15, -0.1) is 0 Å². The van der Waals surface area contributed by atoms with E-state index in [0.29, 0.717) is 12.8 Å². The molecule has 0 radical (unpaired) electrons. The molecule has 1 aliphatic heterocycles. The molecular formula is C58H82F2NO14P. The topological polar surface area (TPSA) is 225 Å². The highest BCUT2D eigenvalue weighted by Crippen LogP contribution is 2.44. The second-order valence-corrected chi connectivity index (χ2v) is 21.2. The number of phenolic OH excluding ortho intramolecular Hbond substituents is 1. The first-order valence-electron chi connectivity index (χ1n) is 27.9. The SMILES string of the molecule is CCCCCCCCCCCCCCCC(=O)OCC(COP(=O)(O)OCCNC(=O)c1ccc(-c2c3cc(F)c(=O)cc-3oc3cc(O)c(F)cc23)c(C(=O)O)c1)OC(=O)CCCCCCCCCCCCCCC. The number of phosphoric acid groups is 1. The quantitative estimate of drug-likeness (QED) is 0.0140. The zero-order valence-electron chi connectivity index (χ0n) is 44.8. The minimum Gasteiger partial charge on any atom is -0.505 e. The summed E-state index contributed by atoms with van der Waals surface area (Å²) in [6.07, 6.45) is 29.0. The molecule has 0 fully saturated rings. The van der Waals surface area contributed by atoms with Gasteiger partial charge in [-0.2, -0.15) is 0 Å². The highest BCUT2D eigenvalue weighted by atomic mass is 31.2. The van der Waals surface area contributed by atoms with Crippen molar-refractivity contribution in [3.05, 3.63) is 75.4 Å². The first-order valence-corrected chi connectivity index (χ1v) is 29.3. The molecule has 0 aromatic heterocycles.